The van der Waals surface area contributed by atoms with Gasteiger partial charge in [0.2, 0.25) is 0 Å². The van der Waals surface area contributed by atoms with Crippen LogP contribution in [0.2, 0.25) is 0 Å². The predicted molar refractivity (Wildman–Crippen MR) is 204 cm³/mol. The van der Waals surface area contributed by atoms with Crippen LogP contribution < -0.4 is 18.9 Å². The average Bonchev–Trinajstić information content (AvgIpc) is 3.83. The molecule has 11 heteroatoms. The van der Waals surface area contributed by atoms with Crippen LogP contribution in [0.25, 0.3) is 44.2 Å². The third-order valence-electron chi connectivity index (χ3n) is 8.40. The van der Waals surface area contributed by atoms with E-state index in [0.29, 0.717) is 5.75 Å². The van der Waals surface area contributed by atoms with Gasteiger partial charge in [0.05, 0.1) is 62.8 Å². The molecule has 0 spiro atoms. The molecule has 0 amide bonds. The van der Waals surface area contributed by atoms with E-state index in [-0.39, 0.29) is 6.61 Å². The van der Waals surface area contributed by atoms with Crippen molar-refractivity contribution in [3.8, 4) is 67.2 Å². The molecule has 0 aliphatic rings. The number of H-pyrrole nitrogens is 1. The van der Waals surface area contributed by atoms with Crippen molar-refractivity contribution in [2.75, 3.05) is 40.8 Å². The quantitative estimate of drug-likeness (QED) is 0.0793. The van der Waals surface area contributed by atoms with Gasteiger partial charge in [-0.3, -0.25) is 0 Å². The van der Waals surface area contributed by atoms with Crippen LogP contribution in [-0.4, -0.2) is 67.1 Å². The highest BCUT2D eigenvalue weighted by atomic mass is 32.2. The monoisotopic (exact) mass is 723 g/mol. The summed E-state index contributed by atoms with van der Waals surface area (Å²) in [6, 6.07) is 31.5. The molecule has 0 aliphatic heterocycles. The van der Waals surface area contributed by atoms with Crippen molar-refractivity contribution >= 4 is 23.1 Å². The predicted octanol–water partition coefficient (Wildman–Crippen LogP) is 8.97. The maximum atomic E-state index is 11.0. The second-order valence-electron chi connectivity index (χ2n) is 12.3. The highest BCUT2D eigenvalue weighted by Gasteiger charge is 2.29. The average molecular weight is 724 g/mol. The van der Waals surface area contributed by atoms with Crippen molar-refractivity contribution in [2.45, 2.75) is 29.9 Å². The zero-order chi connectivity index (χ0) is 36.0. The van der Waals surface area contributed by atoms with Crippen molar-refractivity contribution in [3.63, 3.8) is 0 Å². The Hall–Kier alpha value is -4.81. The normalized spacial score (nSPS) is 12.1. The van der Waals surface area contributed by atoms with Crippen LogP contribution in [0, 0.1) is 0 Å². The molecule has 51 heavy (non-hydrogen) atoms. The number of imidazole rings is 1. The molecule has 6 rings (SSSR count). The molecule has 0 saturated carbocycles. The number of hydrogen-bond donors (Lipinski definition) is 2. The van der Waals surface area contributed by atoms with Gasteiger partial charge in [0.25, 0.3) is 0 Å². The summed E-state index contributed by atoms with van der Waals surface area (Å²) in [7, 11) is 6.61. The fourth-order valence-electron chi connectivity index (χ4n) is 5.43. The van der Waals surface area contributed by atoms with E-state index in [1.807, 2.05) is 111 Å². The minimum Gasteiger partial charge on any atom is -0.497 e. The van der Waals surface area contributed by atoms with Gasteiger partial charge in [-0.1, -0.05) is 25.6 Å². The van der Waals surface area contributed by atoms with E-state index in [0.717, 1.165) is 77.4 Å². The summed E-state index contributed by atoms with van der Waals surface area (Å²) >= 11 is 3.04. The molecule has 6 aromatic rings. The Bertz CT molecular complexity index is 1890. The van der Waals surface area contributed by atoms with Crippen molar-refractivity contribution in [1.29, 1.82) is 0 Å². The lowest BCUT2D eigenvalue weighted by Gasteiger charge is -2.24. The maximum absolute atomic E-state index is 11.0. The Labute approximate surface area is 306 Å². The summed E-state index contributed by atoms with van der Waals surface area (Å²) in [5.41, 5.74) is 5.93. The standard InChI is InChI=1S/C40H41N3O6S2/c1-40(2,38-41-34(25-7-15-29(45-3)16-8-25)35(42-38)26-9-17-30(46-4)18-10-26)24-49-33(44)23-50-39-43-36(27-11-19-31(47-5)20-12-27)37(51-39)28-13-21-32(48-6)22-14-28/h7-22,33,44H,23-24H2,1-6H3,(H,41,42). The molecular formula is C40H41N3O6S2. The van der Waals surface area contributed by atoms with Crippen LogP contribution in [0.5, 0.6) is 23.0 Å². The maximum Gasteiger partial charge on any atom is 0.164 e. The molecule has 9 nitrogen and oxygen atoms in total. The number of thiazole rings is 1. The van der Waals surface area contributed by atoms with E-state index in [4.69, 9.17) is 33.7 Å². The SMILES string of the molecule is COc1ccc(-c2nc(C(C)(C)COC(O)CSc3nc(-c4ccc(OC)cc4)c(-c4ccc(OC)cc4)s3)[nH]c2-c2ccc(OC)cc2)cc1. The Morgan fingerprint density at radius 1 is 0.647 bits per heavy atom. The summed E-state index contributed by atoms with van der Waals surface area (Å²) in [4.78, 5) is 14.7. The van der Waals surface area contributed by atoms with Crippen LogP contribution in [-0.2, 0) is 10.2 Å². The number of benzene rings is 4. The van der Waals surface area contributed by atoms with Crippen LogP contribution in [0.3, 0.4) is 0 Å². The third kappa shape index (κ3) is 8.40. The molecule has 4 aromatic carbocycles. The largest absolute Gasteiger partial charge is 0.497 e. The number of nitrogens with one attached hydrogen (secondary N) is 1. The molecule has 0 saturated heterocycles. The smallest absolute Gasteiger partial charge is 0.164 e. The Kier molecular flexibility index (Phi) is 11.3. The van der Waals surface area contributed by atoms with Crippen molar-refractivity contribution in [3.05, 3.63) is 103 Å². The van der Waals surface area contributed by atoms with Crippen LogP contribution >= 0.6 is 23.1 Å². The molecule has 1 unspecified atom stereocenters. The number of aliphatic hydroxyl groups is 1. The molecule has 264 valence electrons. The van der Waals surface area contributed by atoms with Gasteiger partial charge in [-0.15, -0.1) is 11.3 Å². The zero-order valence-corrected chi connectivity index (χ0v) is 31.1. The van der Waals surface area contributed by atoms with Gasteiger partial charge < -0.3 is 33.8 Å². The molecule has 0 fully saturated rings. The molecule has 2 heterocycles. The van der Waals surface area contributed by atoms with E-state index < -0.39 is 11.7 Å². The minimum atomic E-state index is -1.02. The van der Waals surface area contributed by atoms with E-state index >= 15 is 0 Å². The van der Waals surface area contributed by atoms with Gasteiger partial charge in [-0.2, -0.15) is 0 Å². The molecule has 0 radical (unpaired) electrons. The highest BCUT2D eigenvalue weighted by molar-refractivity contribution is 8.01. The van der Waals surface area contributed by atoms with E-state index in [1.165, 1.54) is 11.8 Å². The number of aliphatic hydroxyl groups excluding tert-OH is 1. The fourth-order valence-corrected chi connectivity index (χ4v) is 7.48. The number of methoxy groups -OCH3 is 4. The van der Waals surface area contributed by atoms with Gasteiger partial charge in [0.15, 0.2) is 10.6 Å². The molecule has 1 atom stereocenters. The Morgan fingerprint density at radius 2 is 1.10 bits per heavy atom. The Balaban J connectivity index is 1.18. The number of thioether (sulfide) groups is 1. The zero-order valence-electron chi connectivity index (χ0n) is 29.4. The summed E-state index contributed by atoms with van der Waals surface area (Å²) < 4.78 is 28.4. The first kappa shape index (κ1) is 36.0. The number of rotatable bonds is 15. The molecular weight excluding hydrogens is 683 g/mol. The van der Waals surface area contributed by atoms with Crippen molar-refractivity contribution in [2.24, 2.45) is 0 Å². The van der Waals surface area contributed by atoms with E-state index in [2.05, 4.69) is 4.98 Å². The Morgan fingerprint density at radius 3 is 1.59 bits per heavy atom. The van der Waals surface area contributed by atoms with Crippen molar-refractivity contribution in [1.82, 2.24) is 15.0 Å². The molecule has 0 bridgehead atoms. The topological polar surface area (TPSA) is 108 Å². The van der Waals surface area contributed by atoms with Gasteiger partial charge in [-0.05, 0) is 103 Å². The van der Waals surface area contributed by atoms with E-state index in [1.54, 1.807) is 39.8 Å². The van der Waals surface area contributed by atoms with Gasteiger partial charge in [-0.25, -0.2) is 9.97 Å². The fraction of sp³-hybridized carbons (Fsp3) is 0.250. The van der Waals surface area contributed by atoms with Crippen LogP contribution in [0.1, 0.15) is 19.7 Å². The number of aromatic amines is 1. The number of ether oxygens (including phenoxy) is 5. The lowest BCUT2D eigenvalue weighted by molar-refractivity contribution is -0.0952. The van der Waals surface area contributed by atoms with Gasteiger partial charge in [0, 0.05) is 22.1 Å². The second kappa shape index (κ2) is 16.0. The first-order valence-corrected chi connectivity index (χ1v) is 18.1. The minimum absolute atomic E-state index is 0.235. The highest BCUT2D eigenvalue weighted by Crippen LogP contribution is 2.41. The second-order valence-corrected chi connectivity index (χ2v) is 14.6. The van der Waals surface area contributed by atoms with E-state index in [9.17, 15) is 5.11 Å². The lowest BCUT2D eigenvalue weighted by Crippen LogP contribution is -2.30. The lowest BCUT2D eigenvalue weighted by atomic mass is 9.94. The molecule has 2 aromatic heterocycles. The van der Waals surface area contributed by atoms with Crippen molar-refractivity contribution < 1.29 is 28.8 Å². The summed E-state index contributed by atoms with van der Waals surface area (Å²) in [6.45, 7) is 4.33. The molecule has 0 aliphatic carbocycles. The first-order chi connectivity index (χ1) is 24.7. The summed E-state index contributed by atoms with van der Waals surface area (Å²) in [6.07, 6.45) is -1.02. The van der Waals surface area contributed by atoms with Gasteiger partial charge >= 0.3 is 0 Å². The third-order valence-corrected chi connectivity index (χ3v) is 10.7. The van der Waals surface area contributed by atoms with Crippen LogP contribution in [0.15, 0.2) is 101 Å². The molecule has 2 N–H and O–H groups in total. The first-order valence-electron chi connectivity index (χ1n) is 16.3. The van der Waals surface area contributed by atoms with Crippen LogP contribution in [0.4, 0.5) is 0 Å². The number of aromatic nitrogens is 3. The van der Waals surface area contributed by atoms with Gasteiger partial charge in [0.1, 0.15) is 28.8 Å². The number of hydrogen-bond acceptors (Lipinski definition) is 10. The number of nitrogens with zero attached hydrogens (tertiary/aromatic N) is 2. The summed E-state index contributed by atoms with van der Waals surface area (Å²) in [5.74, 6) is 4.16. The summed E-state index contributed by atoms with van der Waals surface area (Å²) in [5, 5.41) is 11.0.